The fourth-order valence-electron chi connectivity index (χ4n) is 2.06. The van der Waals surface area contributed by atoms with Crippen molar-refractivity contribution >= 4 is 11.7 Å². The quantitative estimate of drug-likeness (QED) is 0.822. The topological polar surface area (TPSA) is 76.4 Å². The number of rotatable bonds is 7. The monoisotopic (exact) mass is 303 g/mol. The van der Waals surface area contributed by atoms with E-state index in [1.54, 1.807) is 7.05 Å². The molecule has 118 valence electrons. The molecule has 2 N–H and O–H groups in total. The van der Waals surface area contributed by atoms with E-state index in [4.69, 9.17) is 4.74 Å². The number of carboxylic acids is 1. The highest BCUT2D eigenvalue weighted by Gasteiger charge is 2.15. The average Bonchev–Trinajstić information content (AvgIpc) is 2.84. The van der Waals surface area contributed by atoms with E-state index < -0.39 is 5.97 Å². The van der Waals surface area contributed by atoms with Gasteiger partial charge in [-0.2, -0.15) is 5.10 Å². The summed E-state index contributed by atoms with van der Waals surface area (Å²) >= 11 is 0. The van der Waals surface area contributed by atoms with Crippen molar-refractivity contribution in [2.75, 3.05) is 11.9 Å². The molecule has 1 aromatic heterocycles. The second-order valence-electron chi connectivity index (χ2n) is 5.50. The number of carboxylic acid groups (broad SMARTS) is 1. The van der Waals surface area contributed by atoms with Crippen molar-refractivity contribution in [3.05, 3.63) is 41.7 Å². The molecule has 0 saturated carbocycles. The van der Waals surface area contributed by atoms with Crippen molar-refractivity contribution in [2.45, 2.75) is 20.4 Å². The molecule has 22 heavy (non-hydrogen) atoms. The van der Waals surface area contributed by atoms with Crippen LogP contribution in [0.5, 0.6) is 5.75 Å². The van der Waals surface area contributed by atoms with Crippen LogP contribution in [0.2, 0.25) is 0 Å². The largest absolute Gasteiger partial charge is 0.493 e. The Morgan fingerprint density at radius 2 is 2.14 bits per heavy atom. The van der Waals surface area contributed by atoms with Gasteiger partial charge >= 0.3 is 5.97 Å². The highest BCUT2D eigenvalue weighted by molar-refractivity contribution is 5.92. The van der Waals surface area contributed by atoms with Crippen LogP contribution in [0.15, 0.2) is 30.5 Å². The van der Waals surface area contributed by atoms with Gasteiger partial charge in [0.15, 0.2) is 5.69 Å². The zero-order chi connectivity index (χ0) is 16.1. The molecule has 0 atom stereocenters. The molecule has 0 bridgehead atoms. The highest BCUT2D eigenvalue weighted by atomic mass is 16.5. The number of anilines is 1. The number of nitrogens with zero attached hydrogens (tertiary/aromatic N) is 2. The zero-order valence-corrected chi connectivity index (χ0v) is 13.0. The van der Waals surface area contributed by atoms with Crippen molar-refractivity contribution in [2.24, 2.45) is 13.0 Å². The lowest BCUT2D eigenvalue weighted by atomic mass is 10.2. The average molecular weight is 303 g/mol. The Bertz CT molecular complexity index is 650. The van der Waals surface area contributed by atoms with Gasteiger partial charge in [0.1, 0.15) is 5.75 Å². The second kappa shape index (κ2) is 6.98. The number of aromatic nitrogens is 2. The second-order valence-corrected chi connectivity index (χ2v) is 5.50. The van der Waals surface area contributed by atoms with E-state index in [-0.39, 0.29) is 5.69 Å². The first kappa shape index (κ1) is 15.9. The Kier molecular flexibility index (Phi) is 5.04. The minimum atomic E-state index is -1.01. The molecule has 2 aromatic rings. The molecule has 0 radical (unpaired) electrons. The summed E-state index contributed by atoms with van der Waals surface area (Å²) in [4.78, 5) is 11.2. The molecule has 0 aliphatic rings. The summed E-state index contributed by atoms with van der Waals surface area (Å²) in [5.41, 5.74) is 1.61. The number of aromatic carboxylic acids is 1. The third-order valence-corrected chi connectivity index (χ3v) is 3.16. The molecule has 0 fully saturated rings. The van der Waals surface area contributed by atoms with Crippen LogP contribution in [0.3, 0.4) is 0 Å². The predicted octanol–water partition coefficient (Wildman–Crippen LogP) is 2.77. The minimum absolute atomic E-state index is 0.139. The molecule has 0 saturated heterocycles. The number of hydrogen-bond donors (Lipinski definition) is 2. The molecule has 1 aromatic carbocycles. The Morgan fingerprint density at radius 1 is 1.41 bits per heavy atom. The van der Waals surface area contributed by atoms with Crippen LogP contribution in [0.25, 0.3) is 0 Å². The normalized spacial score (nSPS) is 10.7. The van der Waals surface area contributed by atoms with Gasteiger partial charge in [0.25, 0.3) is 0 Å². The van der Waals surface area contributed by atoms with Crippen molar-refractivity contribution in [3.8, 4) is 5.75 Å². The summed E-state index contributed by atoms with van der Waals surface area (Å²) in [7, 11) is 1.61. The molecule has 0 aliphatic carbocycles. The molecule has 6 nitrogen and oxygen atoms in total. The van der Waals surface area contributed by atoms with Crippen LogP contribution in [0.1, 0.15) is 29.9 Å². The Labute approximate surface area is 129 Å². The van der Waals surface area contributed by atoms with Gasteiger partial charge in [-0.05, 0) is 12.0 Å². The summed E-state index contributed by atoms with van der Waals surface area (Å²) in [6, 6.07) is 7.73. The van der Waals surface area contributed by atoms with Gasteiger partial charge in [0, 0.05) is 19.2 Å². The van der Waals surface area contributed by atoms with E-state index in [0.717, 1.165) is 11.3 Å². The standard InChI is InChI=1S/C16H21N3O3/c1-11(2)10-22-14-7-5-4-6-12(14)8-17-13-9-18-19(3)15(13)16(20)21/h4-7,9,11,17H,8,10H2,1-3H3,(H,20,21). The van der Waals surface area contributed by atoms with Crippen LogP contribution in [-0.4, -0.2) is 27.5 Å². The summed E-state index contributed by atoms with van der Waals surface area (Å²) < 4.78 is 7.13. The van der Waals surface area contributed by atoms with Crippen molar-refractivity contribution < 1.29 is 14.6 Å². The first-order valence-electron chi connectivity index (χ1n) is 7.19. The van der Waals surface area contributed by atoms with Crippen molar-refractivity contribution in [3.63, 3.8) is 0 Å². The number of benzene rings is 1. The molecular formula is C16H21N3O3. The van der Waals surface area contributed by atoms with Gasteiger partial charge in [-0.15, -0.1) is 0 Å². The smallest absolute Gasteiger partial charge is 0.356 e. The summed E-state index contributed by atoms with van der Waals surface area (Å²) in [6.07, 6.45) is 1.51. The predicted molar refractivity (Wildman–Crippen MR) is 84.3 cm³/mol. The molecular weight excluding hydrogens is 282 g/mol. The van der Waals surface area contributed by atoms with E-state index in [1.165, 1.54) is 10.9 Å². The minimum Gasteiger partial charge on any atom is -0.493 e. The molecule has 0 aliphatic heterocycles. The summed E-state index contributed by atoms with van der Waals surface area (Å²) in [5.74, 6) is 0.245. The Balaban J connectivity index is 2.10. The lowest BCUT2D eigenvalue weighted by molar-refractivity contribution is 0.0686. The summed E-state index contributed by atoms with van der Waals surface area (Å²) in [5, 5.41) is 16.3. The van der Waals surface area contributed by atoms with Crippen molar-refractivity contribution in [1.29, 1.82) is 0 Å². The van der Waals surface area contributed by atoms with Crippen LogP contribution in [0.4, 0.5) is 5.69 Å². The molecule has 0 amide bonds. The van der Waals surface area contributed by atoms with Crippen LogP contribution >= 0.6 is 0 Å². The van der Waals surface area contributed by atoms with Gasteiger partial charge in [-0.1, -0.05) is 32.0 Å². The molecule has 1 heterocycles. The highest BCUT2D eigenvalue weighted by Crippen LogP contribution is 2.21. The Morgan fingerprint density at radius 3 is 2.82 bits per heavy atom. The fourth-order valence-corrected chi connectivity index (χ4v) is 2.06. The molecule has 6 heteroatoms. The van der Waals surface area contributed by atoms with Gasteiger partial charge in [0.2, 0.25) is 0 Å². The molecule has 0 unspecified atom stereocenters. The third-order valence-electron chi connectivity index (χ3n) is 3.16. The fraction of sp³-hybridized carbons (Fsp3) is 0.375. The lowest BCUT2D eigenvalue weighted by Crippen LogP contribution is -2.11. The molecule has 2 rings (SSSR count). The maximum atomic E-state index is 11.2. The maximum absolute atomic E-state index is 11.2. The Hall–Kier alpha value is -2.50. The van der Waals surface area contributed by atoms with Crippen LogP contribution < -0.4 is 10.1 Å². The van der Waals surface area contributed by atoms with E-state index in [1.807, 2.05) is 24.3 Å². The number of carbonyl (C=O) groups is 1. The van der Waals surface area contributed by atoms with Gasteiger partial charge in [-0.3, -0.25) is 4.68 Å². The zero-order valence-electron chi connectivity index (χ0n) is 13.0. The van der Waals surface area contributed by atoms with Gasteiger partial charge in [-0.25, -0.2) is 4.79 Å². The first-order chi connectivity index (χ1) is 10.5. The molecule has 0 spiro atoms. The first-order valence-corrected chi connectivity index (χ1v) is 7.19. The van der Waals surface area contributed by atoms with Gasteiger partial charge < -0.3 is 15.2 Å². The third kappa shape index (κ3) is 3.78. The number of nitrogens with one attached hydrogen (secondary N) is 1. The van der Waals surface area contributed by atoms with Crippen molar-refractivity contribution in [1.82, 2.24) is 9.78 Å². The van der Waals surface area contributed by atoms with Crippen LogP contribution in [0, 0.1) is 5.92 Å². The maximum Gasteiger partial charge on any atom is 0.356 e. The SMILES string of the molecule is CC(C)COc1ccccc1CNc1cnn(C)c1C(=O)O. The van der Waals surface area contributed by atoms with Crippen LogP contribution in [-0.2, 0) is 13.6 Å². The van der Waals surface area contributed by atoms with E-state index in [0.29, 0.717) is 24.8 Å². The van der Waals surface area contributed by atoms with E-state index in [2.05, 4.69) is 24.3 Å². The van der Waals surface area contributed by atoms with E-state index in [9.17, 15) is 9.90 Å². The number of ether oxygens (including phenoxy) is 1. The summed E-state index contributed by atoms with van der Waals surface area (Å²) in [6.45, 7) is 5.30. The van der Waals surface area contributed by atoms with Gasteiger partial charge in [0.05, 0.1) is 18.5 Å². The number of para-hydroxylation sites is 1. The number of hydrogen-bond acceptors (Lipinski definition) is 4. The van der Waals surface area contributed by atoms with E-state index >= 15 is 0 Å². The number of aryl methyl sites for hydroxylation is 1. The lowest BCUT2D eigenvalue weighted by Gasteiger charge is -2.14.